The Morgan fingerprint density at radius 1 is 1.07 bits per heavy atom. The van der Waals surface area contributed by atoms with Gasteiger partial charge in [-0.1, -0.05) is 55.3 Å². The van der Waals surface area contributed by atoms with Gasteiger partial charge in [0.1, 0.15) is 5.69 Å². The Hall–Kier alpha value is -3.12. The normalized spacial score (nSPS) is 11.5. The number of aliphatic carboxylic acids is 1. The second-order valence-electron chi connectivity index (χ2n) is 7.20. The summed E-state index contributed by atoms with van der Waals surface area (Å²) in [6.07, 6.45) is 0.125. The number of esters is 1. The van der Waals surface area contributed by atoms with Crippen molar-refractivity contribution in [3.8, 4) is 5.75 Å². The van der Waals surface area contributed by atoms with Crippen molar-refractivity contribution in [2.75, 3.05) is 0 Å². The molecule has 0 saturated carbocycles. The van der Waals surface area contributed by atoms with Gasteiger partial charge in [0, 0.05) is 16.0 Å². The number of halogens is 1. The molecule has 7 heteroatoms. The van der Waals surface area contributed by atoms with E-state index in [0.717, 1.165) is 5.56 Å². The molecule has 0 spiro atoms. The van der Waals surface area contributed by atoms with Crippen molar-refractivity contribution in [3.63, 3.8) is 0 Å². The maximum atomic E-state index is 13.2. The van der Waals surface area contributed by atoms with Crippen molar-refractivity contribution in [3.05, 3.63) is 64.3 Å². The number of carboxylic acids is 1. The third-order valence-electron chi connectivity index (χ3n) is 5.46. The number of nitrogens with one attached hydrogen (secondary N) is 1. The summed E-state index contributed by atoms with van der Waals surface area (Å²) < 4.78 is 5.60. The predicted molar refractivity (Wildman–Crippen MR) is 114 cm³/mol. The maximum absolute atomic E-state index is 13.2. The van der Waals surface area contributed by atoms with E-state index >= 15 is 0 Å². The number of hydrogen-bond donors (Lipinski definition) is 2. The first-order chi connectivity index (χ1) is 14.2. The number of H-pyrrole nitrogens is 1. The van der Waals surface area contributed by atoms with E-state index in [1.807, 2.05) is 19.1 Å². The number of carbonyl (C=O) groups excluding carboxylic acids is 2. The monoisotopic (exact) mass is 427 g/mol. The number of rotatable bonds is 7. The molecule has 2 aromatic carbocycles. The van der Waals surface area contributed by atoms with Gasteiger partial charge in [0.2, 0.25) is 5.78 Å². The number of hydrogen-bond acceptors (Lipinski definition) is 4. The van der Waals surface area contributed by atoms with Gasteiger partial charge in [-0.2, -0.15) is 0 Å². The molecule has 0 aliphatic carbocycles. The number of aryl methyl sites for hydroxylation is 1. The lowest BCUT2D eigenvalue weighted by Gasteiger charge is -2.24. The van der Waals surface area contributed by atoms with Crippen molar-refractivity contribution in [1.82, 2.24) is 4.98 Å². The summed E-state index contributed by atoms with van der Waals surface area (Å²) >= 11 is 6.07. The molecule has 3 rings (SSSR count). The molecule has 156 valence electrons. The molecule has 0 radical (unpaired) electrons. The van der Waals surface area contributed by atoms with Crippen LogP contribution in [0.3, 0.4) is 0 Å². The number of benzene rings is 2. The topological polar surface area (TPSA) is 96.5 Å². The summed E-state index contributed by atoms with van der Waals surface area (Å²) in [6, 6.07) is 11.8. The summed E-state index contributed by atoms with van der Waals surface area (Å²) in [5, 5.41) is 10.6. The van der Waals surface area contributed by atoms with Gasteiger partial charge >= 0.3 is 11.9 Å². The number of carboxylic acid groups (broad SMARTS) is 1. The molecule has 0 unspecified atom stereocenters. The maximum Gasteiger partial charge on any atom is 0.328 e. The molecule has 0 amide bonds. The van der Waals surface area contributed by atoms with E-state index in [0.29, 0.717) is 21.5 Å². The van der Waals surface area contributed by atoms with Gasteiger partial charge in [-0.25, -0.2) is 0 Å². The molecule has 30 heavy (non-hydrogen) atoms. The van der Waals surface area contributed by atoms with Gasteiger partial charge in [0.05, 0.1) is 5.52 Å². The number of ether oxygens (including phenoxy) is 1. The molecule has 0 atom stereocenters. The SMILES string of the molecule is CCC(CC)(C(=O)O)C(=O)Oc1c(C(=O)c2ccc(C)cc2)[nH]c2cc(Cl)ccc12. The van der Waals surface area contributed by atoms with Crippen LogP contribution in [0.25, 0.3) is 10.9 Å². The van der Waals surface area contributed by atoms with E-state index in [1.165, 1.54) is 0 Å². The van der Waals surface area contributed by atoms with E-state index < -0.39 is 17.4 Å². The van der Waals surface area contributed by atoms with E-state index in [2.05, 4.69) is 4.98 Å². The molecule has 0 fully saturated rings. The zero-order chi connectivity index (χ0) is 22.1. The van der Waals surface area contributed by atoms with Gasteiger partial charge in [0.15, 0.2) is 11.2 Å². The molecule has 1 aromatic heterocycles. The van der Waals surface area contributed by atoms with Crippen molar-refractivity contribution >= 4 is 40.2 Å². The second-order valence-corrected chi connectivity index (χ2v) is 7.63. The minimum Gasteiger partial charge on any atom is -0.480 e. The zero-order valence-electron chi connectivity index (χ0n) is 16.9. The Bertz CT molecular complexity index is 1130. The smallest absolute Gasteiger partial charge is 0.328 e. The van der Waals surface area contributed by atoms with Crippen LogP contribution in [-0.2, 0) is 9.59 Å². The van der Waals surface area contributed by atoms with Crippen LogP contribution in [0.5, 0.6) is 5.75 Å². The van der Waals surface area contributed by atoms with Gasteiger partial charge in [0.25, 0.3) is 0 Å². The largest absolute Gasteiger partial charge is 0.480 e. The van der Waals surface area contributed by atoms with Crippen LogP contribution >= 0.6 is 11.6 Å². The highest BCUT2D eigenvalue weighted by Gasteiger charge is 2.45. The average molecular weight is 428 g/mol. The van der Waals surface area contributed by atoms with E-state index in [-0.39, 0.29) is 30.1 Å². The van der Waals surface area contributed by atoms with Gasteiger partial charge in [-0.05, 0) is 38.0 Å². The fourth-order valence-corrected chi connectivity index (χ4v) is 3.55. The Morgan fingerprint density at radius 3 is 2.27 bits per heavy atom. The summed E-state index contributed by atoms with van der Waals surface area (Å²) in [5.41, 5.74) is 0.288. The fourth-order valence-electron chi connectivity index (χ4n) is 3.38. The molecule has 0 aliphatic rings. The Balaban J connectivity index is 2.14. The summed E-state index contributed by atoms with van der Waals surface area (Å²) in [4.78, 5) is 40.9. The highest BCUT2D eigenvalue weighted by Crippen LogP contribution is 2.36. The lowest BCUT2D eigenvalue weighted by molar-refractivity contribution is -0.163. The van der Waals surface area contributed by atoms with Crippen molar-refractivity contribution in [2.24, 2.45) is 5.41 Å². The quantitative estimate of drug-likeness (QED) is 0.308. The number of fused-ring (bicyclic) bond motifs is 1. The highest BCUT2D eigenvalue weighted by molar-refractivity contribution is 6.31. The Labute approximate surface area is 178 Å². The number of ketones is 1. The third-order valence-corrected chi connectivity index (χ3v) is 5.69. The molecule has 6 nitrogen and oxygen atoms in total. The second kappa shape index (κ2) is 8.32. The summed E-state index contributed by atoms with van der Waals surface area (Å²) in [7, 11) is 0. The zero-order valence-corrected chi connectivity index (χ0v) is 17.7. The Kier molecular flexibility index (Phi) is 5.99. The first kappa shape index (κ1) is 21.6. The Morgan fingerprint density at radius 2 is 1.70 bits per heavy atom. The molecule has 0 aliphatic heterocycles. The van der Waals surface area contributed by atoms with Crippen LogP contribution in [-0.4, -0.2) is 27.8 Å². The van der Waals surface area contributed by atoms with Gasteiger partial charge < -0.3 is 14.8 Å². The molecular weight excluding hydrogens is 406 g/mol. The van der Waals surface area contributed by atoms with E-state index in [9.17, 15) is 19.5 Å². The third kappa shape index (κ3) is 3.71. The van der Waals surface area contributed by atoms with Gasteiger partial charge in [-0.15, -0.1) is 0 Å². The molecule has 1 heterocycles. The predicted octanol–water partition coefficient (Wildman–Crippen LogP) is 5.16. The number of carbonyl (C=O) groups is 3. The first-order valence-electron chi connectivity index (χ1n) is 9.61. The highest BCUT2D eigenvalue weighted by atomic mass is 35.5. The fraction of sp³-hybridized carbons (Fsp3) is 0.261. The summed E-state index contributed by atoms with van der Waals surface area (Å²) in [6.45, 7) is 5.14. The van der Waals surface area contributed by atoms with Gasteiger partial charge in [-0.3, -0.25) is 14.4 Å². The molecule has 0 bridgehead atoms. The number of aromatic nitrogens is 1. The van der Waals surface area contributed by atoms with E-state index in [1.54, 1.807) is 44.2 Å². The average Bonchev–Trinajstić information content (AvgIpc) is 3.06. The number of aromatic amines is 1. The molecule has 0 saturated heterocycles. The standard InChI is InChI=1S/C23H22ClNO5/c1-4-23(5-2,21(27)28)22(29)30-20-16-11-10-15(24)12-17(16)25-18(20)19(26)14-8-6-13(3)7-9-14/h6-12,25H,4-5H2,1-3H3,(H,27,28). The van der Waals surface area contributed by atoms with Crippen LogP contribution in [0.2, 0.25) is 5.02 Å². The minimum absolute atomic E-state index is 0.00441. The van der Waals surface area contributed by atoms with Crippen LogP contribution in [0.1, 0.15) is 48.3 Å². The van der Waals surface area contributed by atoms with Crippen LogP contribution in [0.15, 0.2) is 42.5 Å². The van der Waals surface area contributed by atoms with Crippen LogP contribution in [0, 0.1) is 12.3 Å². The van der Waals surface area contributed by atoms with Crippen molar-refractivity contribution in [2.45, 2.75) is 33.6 Å². The first-order valence-corrected chi connectivity index (χ1v) is 9.99. The van der Waals surface area contributed by atoms with Crippen LogP contribution < -0.4 is 4.74 Å². The lowest BCUT2D eigenvalue weighted by Crippen LogP contribution is -2.41. The molecule has 3 aromatic rings. The minimum atomic E-state index is -1.69. The van der Waals surface area contributed by atoms with E-state index in [4.69, 9.17) is 16.3 Å². The van der Waals surface area contributed by atoms with Crippen LogP contribution in [0.4, 0.5) is 0 Å². The van der Waals surface area contributed by atoms with Crippen molar-refractivity contribution in [1.29, 1.82) is 0 Å². The van der Waals surface area contributed by atoms with Crippen molar-refractivity contribution < 1.29 is 24.2 Å². The molecule has 2 N–H and O–H groups in total. The molecular formula is C23H22ClNO5. The summed E-state index contributed by atoms with van der Waals surface area (Å²) in [5.74, 6) is -2.54. The lowest BCUT2D eigenvalue weighted by atomic mass is 9.82.